The number of esters is 2. The van der Waals surface area contributed by atoms with E-state index in [0.717, 1.165) is 20.1 Å². The lowest BCUT2D eigenvalue weighted by atomic mass is 9.82. The Morgan fingerprint density at radius 1 is 0.464 bits per heavy atom. The Bertz CT molecular complexity index is 2050. The molecule has 6 aromatic carbocycles. The number of hydrogen-bond donors (Lipinski definition) is 0. The van der Waals surface area contributed by atoms with Gasteiger partial charge >= 0.3 is 11.9 Å². The Morgan fingerprint density at radius 3 is 1.07 bits per heavy atom. The van der Waals surface area contributed by atoms with Gasteiger partial charge in [0.1, 0.15) is 13.2 Å². The van der Waals surface area contributed by atoms with E-state index in [0.29, 0.717) is 11.1 Å². The van der Waals surface area contributed by atoms with Gasteiger partial charge in [0.15, 0.2) is 0 Å². The minimum absolute atomic E-state index is 0.275. The number of hydrogen-bond acceptors (Lipinski definition) is 4. The second-order valence-corrected chi connectivity index (χ2v) is 15.7. The Kier molecular flexibility index (Phi) is 15.0. The summed E-state index contributed by atoms with van der Waals surface area (Å²) in [5.41, 5.74) is 7.22. The molecule has 2 atom stereocenters. The van der Waals surface area contributed by atoms with E-state index in [1.807, 2.05) is 86.7 Å². The lowest BCUT2D eigenvalue weighted by Gasteiger charge is -2.26. The predicted octanol–water partition coefficient (Wildman–Crippen LogP) is 13.6. The molecule has 0 radical (unpaired) electrons. The SMILES string of the molecule is C/C=C/[C@](C)(COC(=O)c1ccc(Br)cc1)c1ccc(-c2ccccc2)cc1.C/C=C/[C@](C)(COC(=O)c1ccc(Br)cc1)c1ccc(-c2ccccc2)cc1. The van der Waals surface area contributed by atoms with Crippen molar-refractivity contribution in [1.29, 1.82) is 0 Å². The minimum atomic E-state index is -0.394. The van der Waals surface area contributed by atoms with E-state index in [1.54, 1.807) is 24.3 Å². The minimum Gasteiger partial charge on any atom is -0.461 e. The molecule has 0 unspecified atom stereocenters. The topological polar surface area (TPSA) is 52.6 Å². The third kappa shape index (κ3) is 11.4. The third-order valence-corrected chi connectivity index (χ3v) is 10.6. The van der Waals surface area contributed by atoms with Crippen LogP contribution < -0.4 is 0 Å². The molecule has 0 saturated heterocycles. The number of carbonyl (C=O) groups excluding carboxylic acids is 2. The molecule has 0 bridgehead atoms. The highest BCUT2D eigenvalue weighted by Crippen LogP contribution is 2.31. The van der Waals surface area contributed by atoms with Crippen LogP contribution in [0.2, 0.25) is 0 Å². The van der Waals surface area contributed by atoms with Gasteiger partial charge in [-0.2, -0.15) is 0 Å². The van der Waals surface area contributed by atoms with Crippen LogP contribution in [-0.4, -0.2) is 25.2 Å². The highest BCUT2D eigenvalue weighted by atomic mass is 79.9. The molecule has 0 aliphatic rings. The van der Waals surface area contributed by atoms with Crippen LogP contribution in [0.4, 0.5) is 0 Å². The maximum atomic E-state index is 12.4. The second kappa shape index (κ2) is 20.0. The summed E-state index contributed by atoms with van der Waals surface area (Å²) in [7, 11) is 0. The van der Waals surface area contributed by atoms with E-state index < -0.39 is 10.8 Å². The van der Waals surface area contributed by atoms with Crippen molar-refractivity contribution in [2.45, 2.75) is 38.5 Å². The maximum absolute atomic E-state index is 12.4. The van der Waals surface area contributed by atoms with Gasteiger partial charge in [0.2, 0.25) is 0 Å². The summed E-state index contributed by atoms with van der Waals surface area (Å²) in [5, 5.41) is 0. The quantitative estimate of drug-likeness (QED) is 0.0908. The standard InChI is InChI=1S/2C25H23BrO2/c2*1-3-17-25(2,18-28-24(27)21-11-15-23(26)16-12-21)22-13-9-20(10-14-22)19-7-5-4-6-8-19/h2*3-17H,18H2,1-2H3/b2*17-3+/t2*25-/m11/s1. The lowest BCUT2D eigenvalue weighted by molar-refractivity contribution is 0.0438. The van der Waals surface area contributed by atoms with Crippen molar-refractivity contribution in [3.05, 3.63) is 213 Å². The molecule has 284 valence electrons. The Labute approximate surface area is 348 Å². The van der Waals surface area contributed by atoms with E-state index in [4.69, 9.17) is 9.47 Å². The van der Waals surface area contributed by atoms with Crippen LogP contribution in [0.15, 0.2) is 191 Å². The van der Waals surface area contributed by atoms with Crippen molar-refractivity contribution in [2.24, 2.45) is 0 Å². The van der Waals surface area contributed by atoms with Gasteiger partial charge in [0.05, 0.1) is 11.1 Å². The summed E-state index contributed by atoms with van der Waals surface area (Å²) in [6.07, 6.45) is 8.16. The van der Waals surface area contributed by atoms with Crippen LogP contribution in [-0.2, 0) is 20.3 Å². The summed E-state index contributed by atoms with van der Waals surface area (Å²) >= 11 is 6.76. The molecule has 0 aromatic heterocycles. The van der Waals surface area contributed by atoms with Crippen LogP contribution in [0.5, 0.6) is 0 Å². The fourth-order valence-corrected chi connectivity index (χ4v) is 6.84. The van der Waals surface area contributed by atoms with Crippen LogP contribution in [0.25, 0.3) is 22.3 Å². The molecule has 6 rings (SSSR count). The van der Waals surface area contributed by atoms with Gasteiger partial charge in [-0.25, -0.2) is 9.59 Å². The van der Waals surface area contributed by atoms with Crippen LogP contribution in [0.1, 0.15) is 59.5 Å². The average molecular weight is 871 g/mol. The molecule has 6 aromatic rings. The molecule has 0 saturated carbocycles. The van der Waals surface area contributed by atoms with Gasteiger partial charge < -0.3 is 9.47 Å². The fourth-order valence-electron chi connectivity index (χ4n) is 6.31. The Morgan fingerprint density at radius 2 is 0.768 bits per heavy atom. The largest absolute Gasteiger partial charge is 0.461 e. The van der Waals surface area contributed by atoms with E-state index >= 15 is 0 Å². The Hall–Kier alpha value is -5.30. The molecule has 0 fully saturated rings. The van der Waals surface area contributed by atoms with Crippen LogP contribution >= 0.6 is 31.9 Å². The molecular formula is C50H46Br2O4. The molecule has 56 heavy (non-hydrogen) atoms. The van der Waals surface area contributed by atoms with Crippen LogP contribution in [0, 0.1) is 0 Å². The monoisotopic (exact) mass is 868 g/mol. The van der Waals surface area contributed by atoms with Crippen molar-refractivity contribution < 1.29 is 19.1 Å². The highest BCUT2D eigenvalue weighted by Gasteiger charge is 2.27. The molecule has 4 nitrogen and oxygen atoms in total. The molecule has 0 spiro atoms. The number of benzene rings is 6. The normalized spacial score (nSPS) is 13.2. The first kappa shape index (κ1) is 41.9. The van der Waals surface area contributed by atoms with Crippen molar-refractivity contribution >= 4 is 43.8 Å². The first-order chi connectivity index (χ1) is 27.0. The van der Waals surface area contributed by atoms with E-state index in [2.05, 4.69) is 131 Å². The summed E-state index contributed by atoms with van der Waals surface area (Å²) in [5.74, 6) is -0.631. The highest BCUT2D eigenvalue weighted by molar-refractivity contribution is 9.10. The van der Waals surface area contributed by atoms with Gasteiger partial charge in [-0.1, -0.05) is 165 Å². The van der Waals surface area contributed by atoms with Gasteiger partial charge in [0, 0.05) is 19.8 Å². The number of carbonyl (C=O) groups is 2. The second-order valence-electron chi connectivity index (χ2n) is 13.9. The molecular weight excluding hydrogens is 824 g/mol. The van der Waals surface area contributed by atoms with Crippen molar-refractivity contribution in [1.82, 2.24) is 0 Å². The fraction of sp³-hybridized carbons (Fsp3) is 0.160. The zero-order valence-corrected chi connectivity index (χ0v) is 35.3. The Balaban J connectivity index is 0.000000214. The summed E-state index contributed by atoms with van der Waals surface area (Å²) in [4.78, 5) is 24.8. The average Bonchev–Trinajstić information content (AvgIpc) is 3.24. The molecule has 0 N–H and O–H groups in total. The van der Waals surface area contributed by atoms with Crippen molar-refractivity contribution in [3.63, 3.8) is 0 Å². The molecule has 6 heteroatoms. The zero-order chi connectivity index (χ0) is 40.0. The van der Waals surface area contributed by atoms with Gasteiger partial charge in [0.25, 0.3) is 0 Å². The maximum Gasteiger partial charge on any atom is 0.338 e. The smallest absolute Gasteiger partial charge is 0.338 e. The number of ether oxygens (including phenoxy) is 2. The third-order valence-electron chi connectivity index (χ3n) is 9.54. The molecule has 0 aliphatic heterocycles. The molecule has 0 aliphatic carbocycles. The first-order valence-corrected chi connectivity index (χ1v) is 20.1. The van der Waals surface area contributed by atoms with E-state index in [1.165, 1.54) is 22.3 Å². The van der Waals surface area contributed by atoms with Crippen molar-refractivity contribution in [3.8, 4) is 22.3 Å². The number of allylic oxidation sites excluding steroid dienone is 2. The van der Waals surface area contributed by atoms with Crippen LogP contribution in [0.3, 0.4) is 0 Å². The van der Waals surface area contributed by atoms with E-state index in [9.17, 15) is 9.59 Å². The van der Waals surface area contributed by atoms with Gasteiger partial charge in [-0.15, -0.1) is 0 Å². The zero-order valence-electron chi connectivity index (χ0n) is 32.1. The predicted molar refractivity (Wildman–Crippen MR) is 237 cm³/mol. The molecule has 0 amide bonds. The van der Waals surface area contributed by atoms with Gasteiger partial charge in [-0.3, -0.25) is 0 Å². The number of rotatable bonds is 12. The van der Waals surface area contributed by atoms with Gasteiger partial charge in [-0.05, 0) is 110 Å². The first-order valence-electron chi connectivity index (χ1n) is 18.5. The molecule has 0 heterocycles. The summed E-state index contributed by atoms with van der Waals surface area (Å²) in [6, 6.07) is 51.8. The van der Waals surface area contributed by atoms with E-state index in [-0.39, 0.29) is 25.2 Å². The summed E-state index contributed by atoms with van der Waals surface area (Å²) in [6.45, 7) is 8.67. The van der Waals surface area contributed by atoms with Crippen molar-refractivity contribution in [2.75, 3.05) is 13.2 Å². The number of halogens is 2. The lowest BCUT2D eigenvalue weighted by Crippen LogP contribution is -2.27. The summed E-state index contributed by atoms with van der Waals surface area (Å²) < 4.78 is 13.2.